The van der Waals surface area contributed by atoms with Crippen LogP contribution < -0.4 is 20.7 Å². The van der Waals surface area contributed by atoms with Gasteiger partial charge in [-0.05, 0) is 37.1 Å². The van der Waals surface area contributed by atoms with Crippen molar-refractivity contribution in [2.45, 2.75) is 25.4 Å². The fourth-order valence-corrected chi connectivity index (χ4v) is 2.46. The van der Waals surface area contributed by atoms with Gasteiger partial charge in [-0.2, -0.15) is 0 Å². The highest BCUT2D eigenvalue weighted by Crippen LogP contribution is 2.28. The van der Waals surface area contributed by atoms with Crippen LogP contribution in [0.1, 0.15) is 18.4 Å². The van der Waals surface area contributed by atoms with Gasteiger partial charge in [0.15, 0.2) is 6.61 Å². The molecule has 2 aliphatic heterocycles. The van der Waals surface area contributed by atoms with E-state index in [0.29, 0.717) is 18.0 Å². The molecular formula is C14H17N3O3. The van der Waals surface area contributed by atoms with Crippen molar-refractivity contribution < 1.29 is 14.3 Å². The van der Waals surface area contributed by atoms with Crippen LogP contribution in [0.5, 0.6) is 5.75 Å². The predicted molar refractivity (Wildman–Crippen MR) is 73.4 cm³/mol. The summed E-state index contributed by atoms with van der Waals surface area (Å²) in [6.45, 7) is 1.40. The molecule has 1 atom stereocenters. The molecule has 0 spiro atoms. The average molecular weight is 275 g/mol. The molecule has 0 bridgehead atoms. The Labute approximate surface area is 116 Å². The summed E-state index contributed by atoms with van der Waals surface area (Å²) in [5.41, 5.74) is 1.59. The molecule has 0 saturated carbocycles. The minimum Gasteiger partial charge on any atom is -0.482 e. The highest BCUT2D eigenvalue weighted by atomic mass is 16.5. The van der Waals surface area contributed by atoms with E-state index in [1.165, 1.54) is 0 Å². The quantitative estimate of drug-likeness (QED) is 0.745. The van der Waals surface area contributed by atoms with E-state index in [9.17, 15) is 9.59 Å². The van der Waals surface area contributed by atoms with E-state index in [4.69, 9.17) is 4.74 Å². The van der Waals surface area contributed by atoms with E-state index in [0.717, 1.165) is 24.9 Å². The zero-order valence-electron chi connectivity index (χ0n) is 11.1. The Hall–Kier alpha value is -2.08. The molecule has 6 nitrogen and oxygen atoms in total. The Bertz CT molecular complexity index is 538. The number of benzene rings is 1. The molecular weight excluding hydrogens is 258 g/mol. The summed E-state index contributed by atoms with van der Waals surface area (Å²) in [5, 5.41) is 8.82. The summed E-state index contributed by atoms with van der Waals surface area (Å²) in [5.74, 6) is 0.534. The fraction of sp³-hybridized carbons (Fsp3) is 0.429. The molecule has 2 amide bonds. The number of hydrogen-bond donors (Lipinski definition) is 3. The van der Waals surface area contributed by atoms with Gasteiger partial charge in [0.05, 0.1) is 11.7 Å². The molecule has 1 aromatic carbocycles. The summed E-state index contributed by atoms with van der Waals surface area (Å²) < 4.78 is 5.29. The third kappa shape index (κ3) is 2.75. The Kier molecular flexibility index (Phi) is 3.56. The van der Waals surface area contributed by atoms with Crippen LogP contribution in [0.25, 0.3) is 0 Å². The van der Waals surface area contributed by atoms with Gasteiger partial charge in [0.2, 0.25) is 5.91 Å². The Morgan fingerprint density at radius 1 is 1.45 bits per heavy atom. The van der Waals surface area contributed by atoms with Crippen LogP contribution in [0, 0.1) is 0 Å². The lowest BCUT2D eigenvalue weighted by Gasteiger charge is -2.19. The van der Waals surface area contributed by atoms with Gasteiger partial charge in [-0.25, -0.2) is 0 Å². The van der Waals surface area contributed by atoms with Crippen molar-refractivity contribution >= 4 is 17.5 Å². The van der Waals surface area contributed by atoms with Crippen molar-refractivity contribution in [2.24, 2.45) is 0 Å². The normalized spacial score (nSPS) is 20.8. The number of ether oxygens (including phenoxy) is 1. The predicted octanol–water partition coefficient (Wildman–Crippen LogP) is 0.386. The van der Waals surface area contributed by atoms with E-state index < -0.39 is 0 Å². The second kappa shape index (κ2) is 5.50. The Morgan fingerprint density at radius 3 is 3.15 bits per heavy atom. The van der Waals surface area contributed by atoms with Crippen LogP contribution in [0.2, 0.25) is 0 Å². The molecule has 0 aromatic heterocycles. The van der Waals surface area contributed by atoms with Crippen LogP contribution in [0.4, 0.5) is 5.69 Å². The highest BCUT2D eigenvalue weighted by Gasteiger charge is 2.21. The van der Waals surface area contributed by atoms with Crippen LogP contribution in [0.15, 0.2) is 18.2 Å². The molecule has 0 radical (unpaired) electrons. The van der Waals surface area contributed by atoms with Crippen molar-refractivity contribution in [2.75, 3.05) is 18.5 Å². The molecule has 6 heteroatoms. The van der Waals surface area contributed by atoms with E-state index in [1.54, 1.807) is 0 Å². The molecule has 3 rings (SSSR count). The van der Waals surface area contributed by atoms with Crippen LogP contribution in [-0.2, 0) is 16.1 Å². The van der Waals surface area contributed by atoms with Gasteiger partial charge < -0.3 is 20.7 Å². The third-order valence-electron chi connectivity index (χ3n) is 3.52. The lowest BCUT2D eigenvalue weighted by Crippen LogP contribution is -2.40. The smallest absolute Gasteiger partial charge is 0.262 e. The second-order valence-electron chi connectivity index (χ2n) is 5.03. The van der Waals surface area contributed by atoms with Gasteiger partial charge in [-0.15, -0.1) is 0 Å². The van der Waals surface area contributed by atoms with Gasteiger partial charge in [0.1, 0.15) is 5.75 Å². The Morgan fingerprint density at radius 2 is 2.35 bits per heavy atom. The molecule has 3 N–H and O–H groups in total. The van der Waals surface area contributed by atoms with Crippen molar-refractivity contribution in [3.63, 3.8) is 0 Å². The van der Waals surface area contributed by atoms with E-state index >= 15 is 0 Å². The molecule has 1 aromatic rings. The summed E-state index contributed by atoms with van der Waals surface area (Å²) in [6.07, 6.45) is 1.93. The summed E-state index contributed by atoms with van der Waals surface area (Å²) in [7, 11) is 0. The lowest BCUT2D eigenvalue weighted by molar-refractivity contribution is -0.123. The van der Waals surface area contributed by atoms with Crippen LogP contribution >= 0.6 is 0 Å². The molecule has 0 aliphatic carbocycles. The van der Waals surface area contributed by atoms with Gasteiger partial charge in [-0.3, -0.25) is 9.59 Å². The topological polar surface area (TPSA) is 79.5 Å². The monoisotopic (exact) mass is 275 g/mol. The molecule has 20 heavy (non-hydrogen) atoms. The third-order valence-corrected chi connectivity index (χ3v) is 3.52. The van der Waals surface area contributed by atoms with Crippen LogP contribution in [0.3, 0.4) is 0 Å². The highest BCUT2D eigenvalue weighted by molar-refractivity contribution is 5.95. The largest absolute Gasteiger partial charge is 0.482 e. The van der Waals surface area contributed by atoms with Crippen molar-refractivity contribution in [1.29, 1.82) is 0 Å². The Balaban J connectivity index is 1.61. The number of amides is 2. The number of nitrogens with one attached hydrogen (secondary N) is 3. The van der Waals surface area contributed by atoms with E-state index in [2.05, 4.69) is 16.0 Å². The first kappa shape index (κ1) is 12.9. The van der Waals surface area contributed by atoms with Gasteiger partial charge in [0, 0.05) is 6.54 Å². The minimum atomic E-state index is -0.158. The number of carbonyl (C=O) groups excluding carboxylic acids is 2. The first-order valence-corrected chi connectivity index (χ1v) is 6.79. The lowest BCUT2D eigenvalue weighted by atomic mass is 10.1. The maximum atomic E-state index is 11.9. The number of anilines is 1. The molecule has 106 valence electrons. The van der Waals surface area contributed by atoms with Crippen LogP contribution in [-0.4, -0.2) is 31.0 Å². The number of rotatable bonds is 3. The van der Waals surface area contributed by atoms with E-state index in [1.807, 2.05) is 18.2 Å². The fourth-order valence-electron chi connectivity index (χ4n) is 2.46. The maximum Gasteiger partial charge on any atom is 0.262 e. The zero-order valence-corrected chi connectivity index (χ0v) is 11.1. The van der Waals surface area contributed by atoms with Crippen molar-refractivity contribution in [3.05, 3.63) is 23.8 Å². The van der Waals surface area contributed by atoms with Gasteiger partial charge in [-0.1, -0.05) is 6.07 Å². The standard InChI is InChI=1S/C14H17N3O3/c18-13-8-20-12-4-3-9(6-11(12)17-13)7-16-14(19)10-2-1-5-15-10/h3-4,6,10,15H,1-2,5,7-8H2,(H,16,19)(H,17,18). The molecule has 1 fully saturated rings. The summed E-state index contributed by atoms with van der Waals surface area (Å²) in [6, 6.07) is 5.45. The summed E-state index contributed by atoms with van der Waals surface area (Å²) >= 11 is 0. The molecule has 1 saturated heterocycles. The number of carbonyl (C=O) groups is 2. The van der Waals surface area contributed by atoms with Crippen molar-refractivity contribution in [1.82, 2.24) is 10.6 Å². The summed E-state index contributed by atoms with van der Waals surface area (Å²) in [4.78, 5) is 23.2. The van der Waals surface area contributed by atoms with E-state index in [-0.39, 0.29) is 24.5 Å². The average Bonchev–Trinajstić information content (AvgIpc) is 2.98. The molecule has 2 aliphatic rings. The minimum absolute atomic E-state index is 0.0282. The second-order valence-corrected chi connectivity index (χ2v) is 5.03. The first-order valence-electron chi connectivity index (χ1n) is 6.79. The maximum absolute atomic E-state index is 11.9. The number of hydrogen-bond acceptors (Lipinski definition) is 4. The van der Waals surface area contributed by atoms with Gasteiger partial charge in [0.25, 0.3) is 5.91 Å². The molecule has 1 unspecified atom stereocenters. The van der Waals surface area contributed by atoms with Crippen molar-refractivity contribution in [3.8, 4) is 5.75 Å². The number of fused-ring (bicyclic) bond motifs is 1. The zero-order chi connectivity index (χ0) is 13.9. The first-order chi connectivity index (χ1) is 9.72. The van der Waals surface area contributed by atoms with Gasteiger partial charge >= 0.3 is 0 Å². The SMILES string of the molecule is O=C1COc2ccc(CNC(=O)C3CCCN3)cc2N1. The molecule has 2 heterocycles.